The summed E-state index contributed by atoms with van der Waals surface area (Å²) in [4.78, 5) is 14.7. The quantitative estimate of drug-likeness (QED) is 0.747. The van der Waals surface area contributed by atoms with E-state index in [1.165, 1.54) is 28.3 Å². The lowest BCUT2D eigenvalue weighted by atomic mass is 9.83. The van der Waals surface area contributed by atoms with Gasteiger partial charge in [-0.1, -0.05) is 36.4 Å². The fourth-order valence-electron chi connectivity index (χ4n) is 4.14. The number of carbonyl (C=O) groups excluding carboxylic acids is 1. The molecule has 3 nitrogen and oxygen atoms in total. The second-order valence-electron chi connectivity index (χ2n) is 7.94. The summed E-state index contributed by atoms with van der Waals surface area (Å²) in [7, 11) is 0. The van der Waals surface area contributed by atoms with Crippen molar-refractivity contribution in [1.82, 2.24) is 10.2 Å². The van der Waals surface area contributed by atoms with E-state index in [4.69, 9.17) is 0 Å². The molecule has 4 heteroatoms. The maximum absolute atomic E-state index is 12.8. The molecule has 2 aromatic rings. The molecular formula is C22H27ClN2O. The molecule has 1 N–H and O–H groups in total. The first kappa shape index (κ1) is 18.8. The lowest BCUT2D eigenvalue weighted by Crippen LogP contribution is -2.44. The molecule has 0 radical (unpaired) electrons. The van der Waals surface area contributed by atoms with Crippen molar-refractivity contribution in [2.75, 3.05) is 13.1 Å². The molecule has 0 spiro atoms. The molecule has 1 amide bonds. The van der Waals surface area contributed by atoms with E-state index in [1.54, 1.807) is 0 Å². The number of halogens is 1. The molecule has 0 bridgehead atoms. The Kier molecular flexibility index (Phi) is 5.29. The number of hydrogen-bond acceptors (Lipinski definition) is 2. The van der Waals surface area contributed by atoms with Crippen molar-refractivity contribution in [3.05, 3.63) is 53.6 Å². The summed E-state index contributed by atoms with van der Waals surface area (Å²) < 4.78 is 0. The first-order valence-corrected chi connectivity index (χ1v) is 9.33. The highest BCUT2D eigenvalue weighted by molar-refractivity contribution is 5.98. The van der Waals surface area contributed by atoms with Crippen LogP contribution in [0.3, 0.4) is 0 Å². The van der Waals surface area contributed by atoms with Gasteiger partial charge in [-0.05, 0) is 55.9 Å². The van der Waals surface area contributed by atoms with Crippen LogP contribution in [0.4, 0.5) is 0 Å². The van der Waals surface area contributed by atoms with E-state index in [0.29, 0.717) is 0 Å². The monoisotopic (exact) mass is 370 g/mol. The summed E-state index contributed by atoms with van der Waals surface area (Å²) in [5.41, 5.74) is 3.42. The van der Waals surface area contributed by atoms with Crippen LogP contribution in [0, 0.1) is 0 Å². The van der Waals surface area contributed by atoms with Crippen LogP contribution in [0.25, 0.3) is 16.5 Å². The number of piperidine rings is 1. The fourth-order valence-corrected chi connectivity index (χ4v) is 4.14. The molecule has 2 aliphatic rings. The predicted molar refractivity (Wildman–Crippen MR) is 111 cm³/mol. The zero-order valence-corrected chi connectivity index (χ0v) is 16.4. The average Bonchev–Trinajstić information content (AvgIpc) is 2.61. The Balaban J connectivity index is 0.00000196. The Morgan fingerprint density at radius 3 is 2.58 bits per heavy atom. The minimum atomic E-state index is -0.0643. The normalized spacial score (nSPS) is 20.2. The van der Waals surface area contributed by atoms with Gasteiger partial charge in [0.2, 0.25) is 5.91 Å². The van der Waals surface area contributed by atoms with Gasteiger partial charge in [0.15, 0.2) is 0 Å². The highest BCUT2D eigenvalue weighted by atomic mass is 35.5. The number of rotatable bonds is 1. The molecule has 2 heterocycles. The van der Waals surface area contributed by atoms with Gasteiger partial charge in [-0.25, -0.2) is 0 Å². The van der Waals surface area contributed by atoms with E-state index >= 15 is 0 Å². The lowest BCUT2D eigenvalue weighted by molar-refractivity contribution is -0.126. The number of nitrogens with zero attached hydrogens (tertiary/aromatic N) is 1. The Hall–Kier alpha value is -2.00. The van der Waals surface area contributed by atoms with Crippen LogP contribution in [0.1, 0.15) is 44.2 Å². The van der Waals surface area contributed by atoms with Crippen molar-refractivity contribution in [3.63, 3.8) is 0 Å². The molecule has 2 aromatic carbocycles. The summed E-state index contributed by atoms with van der Waals surface area (Å²) in [5.74, 6) is 0.138. The molecule has 0 aromatic heterocycles. The first-order chi connectivity index (χ1) is 12.0. The Morgan fingerprint density at radius 2 is 1.81 bits per heavy atom. The summed E-state index contributed by atoms with van der Waals surface area (Å²) in [6, 6.07) is 12.9. The van der Waals surface area contributed by atoms with E-state index < -0.39 is 0 Å². The van der Waals surface area contributed by atoms with Gasteiger partial charge in [0.1, 0.15) is 0 Å². The van der Waals surface area contributed by atoms with Gasteiger partial charge >= 0.3 is 0 Å². The number of nitrogens with one attached hydrogen (secondary N) is 1. The zero-order valence-electron chi connectivity index (χ0n) is 15.5. The predicted octanol–water partition coefficient (Wildman–Crippen LogP) is 4.54. The van der Waals surface area contributed by atoms with E-state index in [9.17, 15) is 4.79 Å². The topological polar surface area (TPSA) is 32.3 Å². The molecule has 1 saturated heterocycles. The third-order valence-electron chi connectivity index (χ3n) is 5.36. The van der Waals surface area contributed by atoms with Crippen molar-refractivity contribution in [3.8, 4) is 0 Å². The van der Waals surface area contributed by atoms with Crippen molar-refractivity contribution in [2.45, 2.75) is 45.1 Å². The Bertz CT molecular complexity index is 850. The second-order valence-corrected chi connectivity index (χ2v) is 7.94. The van der Waals surface area contributed by atoms with E-state index in [1.807, 2.05) is 11.0 Å². The molecule has 0 aliphatic carbocycles. The van der Waals surface area contributed by atoms with Crippen LogP contribution >= 0.6 is 12.4 Å². The second kappa shape index (κ2) is 7.32. The van der Waals surface area contributed by atoms with Gasteiger partial charge in [0.05, 0.1) is 0 Å². The van der Waals surface area contributed by atoms with E-state index in [-0.39, 0.29) is 23.9 Å². The number of benzene rings is 2. The molecule has 0 atom stereocenters. The average molecular weight is 371 g/mol. The smallest absolute Gasteiger partial charge is 0.248 e. The summed E-state index contributed by atoms with van der Waals surface area (Å²) >= 11 is 0. The summed E-state index contributed by atoms with van der Waals surface area (Å²) in [5, 5.41) is 6.16. The minimum absolute atomic E-state index is 0. The van der Waals surface area contributed by atoms with Crippen LogP contribution in [-0.4, -0.2) is 29.4 Å². The number of hydrogen-bond donors (Lipinski definition) is 1. The van der Waals surface area contributed by atoms with Crippen LogP contribution < -0.4 is 5.32 Å². The SMILES string of the molecule is CC1(C)Cc2c(ccc3ccccc23)C(=CC(=O)N2CCCCC2)N1.Cl. The summed E-state index contributed by atoms with van der Waals surface area (Å²) in [6.07, 6.45) is 6.25. The van der Waals surface area contributed by atoms with Crippen molar-refractivity contribution in [1.29, 1.82) is 0 Å². The fraction of sp³-hybridized carbons (Fsp3) is 0.409. The number of fused-ring (bicyclic) bond motifs is 3. The molecular weight excluding hydrogens is 344 g/mol. The number of likely N-dealkylation sites (tertiary alicyclic amines) is 1. The van der Waals surface area contributed by atoms with Crippen molar-refractivity contribution < 1.29 is 4.79 Å². The Morgan fingerprint density at radius 1 is 1.08 bits per heavy atom. The van der Waals surface area contributed by atoms with E-state index in [0.717, 1.165) is 38.0 Å². The maximum atomic E-state index is 12.8. The molecule has 138 valence electrons. The molecule has 26 heavy (non-hydrogen) atoms. The molecule has 1 fully saturated rings. The van der Waals surface area contributed by atoms with Crippen molar-refractivity contribution >= 4 is 34.8 Å². The third kappa shape index (κ3) is 3.59. The highest BCUT2D eigenvalue weighted by Gasteiger charge is 2.29. The molecule has 4 rings (SSSR count). The standard InChI is InChI=1S/C22H26N2O.ClH/c1-22(2)15-19-17-9-5-4-8-16(17)10-11-18(19)20(23-22)14-21(25)24-12-6-3-7-13-24;/h4-5,8-11,14,23H,3,6-7,12-13,15H2,1-2H3;1H. The minimum Gasteiger partial charge on any atom is -0.379 e. The lowest BCUT2D eigenvalue weighted by Gasteiger charge is -2.36. The van der Waals surface area contributed by atoms with Crippen molar-refractivity contribution in [2.24, 2.45) is 0 Å². The molecule has 2 aliphatic heterocycles. The zero-order chi connectivity index (χ0) is 17.4. The molecule has 0 saturated carbocycles. The van der Waals surface area contributed by atoms with Gasteiger partial charge in [-0.2, -0.15) is 0 Å². The third-order valence-corrected chi connectivity index (χ3v) is 5.36. The maximum Gasteiger partial charge on any atom is 0.248 e. The largest absolute Gasteiger partial charge is 0.379 e. The summed E-state index contributed by atoms with van der Waals surface area (Å²) in [6.45, 7) is 6.18. The van der Waals surface area contributed by atoms with Gasteiger partial charge in [-0.15, -0.1) is 12.4 Å². The first-order valence-electron chi connectivity index (χ1n) is 9.33. The van der Waals surface area contributed by atoms with Gasteiger partial charge in [0.25, 0.3) is 0 Å². The van der Waals surface area contributed by atoms with Gasteiger partial charge < -0.3 is 10.2 Å². The van der Waals surface area contributed by atoms with Crippen LogP contribution in [0.5, 0.6) is 0 Å². The van der Waals surface area contributed by atoms with Gasteiger partial charge in [0, 0.05) is 36.0 Å². The van der Waals surface area contributed by atoms with Crippen LogP contribution in [0.2, 0.25) is 0 Å². The van der Waals surface area contributed by atoms with Crippen LogP contribution in [0.15, 0.2) is 42.5 Å². The molecule has 0 unspecified atom stereocenters. The van der Waals surface area contributed by atoms with Gasteiger partial charge in [-0.3, -0.25) is 4.79 Å². The Labute approximate surface area is 161 Å². The van der Waals surface area contributed by atoms with Crippen LogP contribution in [-0.2, 0) is 11.2 Å². The van der Waals surface area contributed by atoms with E-state index in [2.05, 4.69) is 55.6 Å². The highest BCUT2D eigenvalue weighted by Crippen LogP contribution is 2.34. The number of amides is 1. The number of carbonyl (C=O) groups is 1.